The van der Waals surface area contributed by atoms with E-state index in [1.54, 1.807) is 0 Å². The summed E-state index contributed by atoms with van der Waals surface area (Å²) in [6, 6.07) is 41.7. The molecule has 0 radical (unpaired) electrons. The zero-order valence-corrected chi connectivity index (χ0v) is 21.9. The monoisotopic (exact) mass is 530 g/mol. The molecule has 5 heteroatoms. The minimum atomic E-state index is -0.574. The van der Waals surface area contributed by atoms with Crippen LogP contribution in [0.15, 0.2) is 127 Å². The van der Waals surface area contributed by atoms with Crippen molar-refractivity contribution < 1.29 is 8.78 Å². The van der Waals surface area contributed by atoms with Crippen molar-refractivity contribution in [2.45, 2.75) is 0 Å². The van der Waals surface area contributed by atoms with E-state index in [-0.39, 0.29) is 12.3 Å². The molecular weight excluding hydrogens is 509 g/mol. The maximum Gasteiger partial charge on any atom is 0.252 e. The third-order valence-electron chi connectivity index (χ3n) is 8.70. The Bertz CT molecular complexity index is 2180. The molecule has 0 unspecified atom stereocenters. The second kappa shape index (κ2) is 8.18. The van der Waals surface area contributed by atoms with Crippen LogP contribution in [-0.4, -0.2) is 11.3 Å². The zero-order chi connectivity index (χ0) is 27.2. The third-order valence-corrected chi connectivity index (χ3v) is 8.70. The smallest absolute Gasteiger partial charge is 0.252 e. The highest BCUT2D eigenvalue weighted by molar-refractivity contribution is 7.00. The van der Waals surface area contributed by atoms with Crippen LogP contribution in [-0.2, 0) is 0 Å². The van der Waals surface area contributed by atoms with Gasteiger partial charge in [0.2, 0.25) is 0 Å². The number of nitrogens with zero attached hydrogens (tertiary/aromatic N) is 2. The van der Waals surface area contributed by atoms with Crippen molar-refractivity contribution in [2.24, 2.45) is 0 Å². The Labute approximate surface area is 235 Å². The lowest BCUT2D eigenvalue weighted by atomic mass is 9.33. The summed E-state index contributed by atoms with van der Waals surface area (Å²) in [6.07, 6.45) is 0. The molecule has 2 aliphatic rings. The summed E-state index contributed by atoms with van der Waals surface area (Å²) in [6.45, 7) is -0.0313. The summed E-state index contributed by atoms with van der Waals surface area (Å²) in [4.78, 5) is 2.24. The van der Waals surface area contributed by atoms with E-state index in [1.807, 2.05) is 30.3 Å². The largest absolute Gasteiger partial charge is 0.311 e. The Morgan fingerprint density at radius 1 is 0.537 bits per heavy atom. The Kier molecular flexibility index (Phi) is 4.52. The number of fused-ring (bicyclic) bond motifs is 7. The van der Waals surface area contributed by atoms with Gasteiger partial charge in [-0.15, -0.1) is 0 Å². The summed E-state index contributed by atoms with van der Waals surface area (Å²) in [5.41, 5.74) is 10.2. The van der Waals surface area contributed by atoms with Crippen LogP contribution in [0.3, 0.4) is 0 Å². The molecule has 0 saturated carbocycles. The Hall–Kier alpha value is -5.16. The standard InChI is InChI=1S/C36H21BF2N2/c38-28-16-9-17-29(39)34(28)22-20-32-35-33(21-22)41-30-18-6-4-12-24(30)25-13-8-15-27(36(25)41)37(35)26-14-5-7-19-31(26)40(32)23-10-2-1-3-11-23/h1-21H. The van der Waals surface area contributed by atoms with Crippen LogP contribution in [0, 0.1) is 11.6 Å². The van der Waals surface area contributed by atoms with E-state index in [0.29, 0.717) is 5.56 Å². The van der Waals surface area contributed by atoms with Crippen LogP contribution in [0.1, 0.15) is 0 Å². The number of aromatic nitrogens is 1. The molecule has 0 amide bonds. The Morgan fingerprint density at radius 2 is 1.20 bits per heavy atom. The van der Waals surface area contributed by atoms with Gasteiger partial charge in [0.05, 0.1) is 11.1 Å². The quantitative estimate of drug-likeness (QED) is 0.212. The fourth-order valence-corrected chi connectivity index (χ4v) is 7.13. The normalized spacial score (nSPS) is 13.0. The van der Waals surface area contributed by atoms with E-state index in [4.69, 9.17) is 0 Å². The van der Waals surface area contributed by atoms with E-state index in [9.17, 15) is 0 Å². The lowest BCUT2D eigenvalue weighted by Gasteiger charge is -2.40. The SMILES string of the molecule is Fc1cccc(F)c1-c1cc2c3c(c1)-n1c4ccccc4c4cccc(c41)B3c1ccccc1N2c1ccccc1. The molecule has 0 N–H and O–H groups in total. The molecule has 0 aliphatic carbocycles. The van der Waals surface area contributed by atoms with Crippen molar-refractivity contribution in [1.82, 2.24) is 4.57 Å². The van der Waals surface area contributed by atoms with Gasteiger partial charge in [-0.25, -0.2) is 8.78 Å². The number of rotatable bonds is 2. The third kappa shape index (κ3) is 2.95. The maximum absolute atomic E-state index is 15.4. The fraction of sp³-hybridized carbons (Fsp3) is 0. The van der Waals surface area contributed by atoms with Crippen LogP contribution < -0.4 is 21.3 Å². The number of para-hydroxylation sites is 4. The first-order valence-electron chi connectivity index (χ1n) is 13.8. The number of benzene rings is 6. The molecule has 0 saturated heterocycles. The predicted molar refractivity (Wildman–Crippen MR) is 165 cm³/mol. The molecule has 1 aromatic heterocycles. The van der Waals surface area contributed by atoms with Crippen LogP contribution >= 0.6 is 0 Å². The van der Waals surface area contributed by atoms with Crippen molar-refractivity contribution in [3.63, 3.8) is 0 Å². The summed E-state index contributed by atoms with van der Waals surface area (Å²) in [5, 5.41) is 2.34. The van der Waals surface area contributed by atoms with Crippen LogP contribution in [0.4, 0.5) is 25.8 Å². The summed E-state index contributed by atoms with van der Waals surface area (Å²) in [5.74, 6) is -1.15. The van der Waals surface area contributed by atoms with Crippen LogP contribution in [0.5, 0.6) is 0 Å². The highest BCUT2D eigenvalue weighted by atomic mass is 19.1. The molecule has 0 fully saturated rings. The van der Waals surface area contributed by atoms with Gasteiger partial charge < -0.3 is 9.47 Å². The Morgan fingerprint density at radius 3 is 2.05 bits per heavy atom. The van der Waals surface area contributed by atoms with Crippen LogP contribution in [0.2, 0.25) is 0 Å². The lowest BCUT2D eigenvalue weighted by molar-refractivity contribution is 0.589. The average molecular weight is 530 g/mol. The summed E-state index contributed by atoms with van der Waals surface area (Å²) < 4.78 is 33.0. The van der Waals surface area contributed by atoms with Gasteiger partial charge in [-0.2, -0.15) is 0 Å². The van der Waals surface area contributed by atoms with Crippen molar-refractivity contribution in [2.75, 3.05) is 4.90 Å². The number of hydrogen-bond donors (Lipinski definition) is 0. The molecule has 192 valence electrons. The van der Waals surface area contributed by atoms with Gasteiger partial charge in [0, 0.05) is 39.0 Å². The predicted octanol–water partition coefficient (Wildman–Crippen LogP) is 7.34. The first kappa shape index (κ1) is 22.6. The molecular formula is C36H21BF2N2. The summed E-state index contributed by atoms with van der Waals surface area (Å²) in [7, 11) is 0. The molecule has 9 rings (SSSR count). The van der Waals surface area contributed by atoms with Crippen molar-refractivity contribution in [3.05, 3.63) is 139 Å². The lowest BCUT2D eigenvalue weighted by Crippen LogP contribution is -2.60. The molecule has 2 nitrogen and oxygen atoms in total. The second-order valence-electron chi connectivity index (χ2n) is 10.8. The number of halogens is 2. The second-order valence-corrected chi connectivity index (χ2v) is 10.8. The summed E-state index contributed by atoms with van der Waals surface area (Å²) >= 11 is 0. The average Bonchev–Trinajstić information content (AvgIpc) is 3.35. The fourth-order valence-electron chi connectivity index (χ4n) is 7.13. The van der Waals surface area contributed by atoms with E-state index >= 15 is 8.78 Å². The molecule has 0 atom stereocenters. The topological polar surface area (TPSA) is 8.17 Å². The number of hydrogen-bond acceptors (Lipinski definition) is 1. The van der Waals surface area contributed by atoms with E-state index in [1.165, 1.54) is 34.5 Å². The van der Waals surface area contributed by atoms with E-state index < -0.39 is 11.6 Å². The van der Waals surface area contributed by atoms with Crippen molar-refractivity contribution in [3.8, 4) is 16.8 Å². The Balaban J connectivity index is 1.51. The first-order valence-corrected chi connectivity index (χ1v) is 13.8. The van der Waals surface area contributed by atoms with Gasteiger partial charge >= 0.3 is 0 Å². The molecule has 3 heterocycles. The van der Waals surface area contributed by atoms with Gasteiger partial charge in [-0.3, -0.25) is 0 Å². The van der Waals surface area contributed by atoms with Crippen molar-refractivity contribution in [1.29, 1.82) is 0 Å². The van der Waals surface area contributed by atoms with Crippen LogP contribution in [0.25, 0.3) is 38.6 Å². The van der Waals surface area contributed by atoms with Crippen molar-refractivity contribution >= 4 is 62.0 Å². The van der Waals surface area contributed by atoms with Gasteiger partial charge in [0.15, 0.2) is 0 Å². The molecule has 0 bridgehead atoms. The van der Waals surface area contributed by atoms with Gasteiger partial charge in [-0.05, 0) is 70.5 Å². The maximum atomic E-state index is 15.4. The first-order chi connectivity index (χ1) is 20.2. The molecule has 6 aromatic carbocycles. The van der Waals surface area contributed by atoms with Gasteiger partial charge in [0.1, 0.15) is 11.6 Å². The molecule has 2 aliphatic heterocycles. The minimum absolute atomic E-state index is 0.0125. The molecule has 7 aromatic rings. The highest BCUT2D eigenvalue weighted by Crippen LogP contribution is 2.43. The van der Waals surface area contributed by atoms with E-state index in [2.05, 4.69) is 88.3 Å². The van der Waals surface area contributed by atoms with Gasteiger partial charge in [0.25, 0.3) is 6.71 Å². The van der Waals surface area contributed by atoms with E-state index in [0.717, 1.165) is 44.6 Å². The highest BCUT2D eigenvalue weighted by Gasteiger charge is 2.42. The molecule has 41 heavy (non-hydrogen) atoms. The molecule has 0 spiro atoms. The number of anilines is 3. The van der Waals surface area contributed by atoms with Gasteiger partial charge in [-0.1, -0.05) is 78.9 Å². The zero-order valence-electron chi connectivity index (χ0n) is 21.9. The minimum Gasteiger partial charge on any atom is -0.311 e.